The third-order valence-electron chi connectivity index (χ3n) is 5.06. The van der Waals surface area contributed by atoms with Crippen molar-refractivity contribution in [3.8, 4) is 5.75 Å². The van der Waals surface area contributed by atoms with Gasteiger partial charge < -0.3 is 30.1 Å². The molecule has 0 aliphatic carbocycles. The van der Waals surface area contributed by atoms with Crippen molar-refractivity contribution in [2.75, 3.05) is 13.7 Å². The molecule has 2 aromatic rings. The van der Waals surface area contributed by atoms with Crippen LogP contribution in [0.1, 0.15) is 5.56 Å². The molecule has 34 heavy (non-hydrogen) atoms. The van der Waals surface area contributed by atoms with Crippen LogP contribution >= 0.6 is 35.0 Å². The van der Waals surface area contributed by atoms with E-state index < -0.39 is 53.8 Å². The normalized spacial score (nSPS) is 25.2. The van der Waals surface area contributed by atoms with Gasteiger partial charge in [0.1, 0.15) is 29.4 Å². The van der Waals surface area contributed by atoms with Gasteiger partial charge in [-0.3, -0.25) is 0 Å². The van der Waals surface area contributed by atoms with Crippen LogP contribution in [0.3, 0.4) is 0 Å². The molecule has 184 valence electrons. The van der Waals surface area contributed by atoms with Gasteiger partial charge in [-0.15, -0.1) is 0 Å². The Morgan fingerprint density at radius 2 is 1.88 bits per heavy atom. The summed E-state index contributed by atoms with van der Waals surface area (Å²) in [5.41, 5.74) is 6.19. The Kier molecular flexibility index (Phi) is 9.10. The minimum Gasteiger partial charge on any atom is -0.491 e. The van der Waals surface area contributed by atoms with Gasteiger partial charge in [0, 0.05) is 16.7 Å². The Balaban J connectivity index is 1.85. The molecule has 0 aromatic heterocycles. The minimum atomic E-state index is -1.36. The highest BCUT2D eigenvalue weighted by molar-refractivity contribution is 7.99. The van der Waals surface area contributed by atoms with E-state index >= 15 is 0 Å². The highest BCUT2D eigenvalue weighted by Gasteiger charge is 2.44. The van der Waals surface area contributed by atoms with Crippen molar-refractivity contribution in [2.45, 2.75) is 34.7 Å². The van der Waals surface area contributed by atoms with Gasteiger partial charge in [-0.05, 0) is 30.3 Å². The number of methoxy groups -OCH3 is 1. The molecule has 5 N–H and O–H groups in total. The van der Waals surface area contributed by atoms with E-state index in [9.17, 15) is 24.1 Å². The molecule has 0 saturated carbocycles. The molecule has 8 nitrogen and oxygen atoms in total. The Labute approximate surface area is 208 Å². The van der Waals surface area contributed by atoms with E-state index in [-0.39, 0.29) is 11.3 Å². The number of ether oxygens (including phenoxy) is 2. The predicted molar refractivity (Wildman–Crippen MR) is 123 cm³/mol. The van der Waals surface area contributed by atoms with Crippen LogP contribution < -0.4 is 10.1 Å². The number of aliphatic hydroxyl groups excluding tert-OH is 3. The summed E-state index contributed by atoms with van der Waals surface area (Å²) < 4.78 is 38.4. The lowest BCUT2D eigenvalue weighted by atomic mass is 9.97. The fraction of sp³-hybridized carbons (Fsp3) is 0.333. The average molecular weight is 536 g/mol. The van der Waals surface area contributed by atoms with E-state index in [0.717, 1.165) is 37.2 Å². The minimum absolute atomic E-state index is 0.0743. The van der Waals surface area contributed by atoms with Gasteiger partial charge in [-0.2, -0.15) is 5.11 Å². The van der Waals surface area contributed by atoms with E-state index in [2.05, 4.69) is 15.2 Å². The zero-order valence-electron chi connectivity index (χ0n) is 17.6. The summed E-state index contributed by atoms with van der Waals surface area (Å²) in [6.07, 6.45) is -2.60. The summed E-state index contributed by atoms with van der Waals surface area (Å²) in [4.78, 5) is 0.617. The fourth-order valence-electron chi connectivity index (χ4n) is 3.32. The molecule has 1 saturated heterocycles. The Bertz CT molecular complexity index is 1060. The highest BCUT2D eigenvalue weighted by Crippen LogP contribution is 2.36. The first kappa shape index (κ1) is 26.6. The molecule has 5 atom stereocenters. The smallest absolute Gasteiger partial charge is 0.190 e. The molecule has 0 amide bonds. The van der Waals surface area contributed by atoms with Crippen LogP contribution in [0, 0.1) is 17.2 Å². The molecule has 3 unspecified atom stereocenters. The molecule has 2 aromatic carbocycles. The standard InChI is InChI=1S/C21H21Cl2F2N3O5S/c1-32-20-13(24)4-9(5-14(20)25)15(28-26)7-27-17-18(30)16(8-29)33-21(19(17)31)34-10-2-3-11(22)12(23)6-10/h2-7,16-19,21,26-27,29-31H,8H2,1H3/b15-7-,28-26?/t16?,17?,18-,19?,21+/m0/s1. The van der Waals surface area contributed by atoms with Gasteiger partial charge in [0.25, 0.3) is 0 Å². The van der Waals surface area contributed by atoms with Crippen molar-refractivity contribution in [1.29, 1.82) is 5.53 Å². The first-order chi connectivity index (χ1) is 16.2. The summed E-state index contributed by atoms with van der Waals surface area (Å²) in [5.74, 6) is -2.56. The summed E-state index contributed by atoms with van der Waals surface area (Å²) in [7, 11) is 1.12. The van der Waals surface area contributed by atoms with Crippen molar-refractivity contribution >= 4 is 40.7 Å². The van der Waals surface area contributed by atoms with Gasteiger partial charge in [0.2, 0.25) is 0 Å². The van der Waals surface area contributed by atoms with E-state index in [0.29, 0.717) is 14.9 Å². The quantitative estimate of drug-likeness (QED) is 0.325. The van der Waals surface area contributed by atoms with Gasteiger partial charge >= 0.3 is 0 Å². The van der Waals surface area contributed by atoms with Crippen LogP contribution in [0.4, 0.5) is 8.78 Å². The van der Waals surface area contributed by atoms with Gasteiger partial charge in [0.05, 0.1) is 29.8 Å². The molecule has 0 radical (unpaired) electrons. The van der Waals surface area contributed by atoms with Crippen LogP contribution in [0.25, 0.3) is 5.70 Å². The molecular weight excluding hydrogens is 515 g/mol. The Morgan fingerprint density at radius 1 is 1.21 bits per heavy atom. The van der Waals surface area contributed by atoms with Gasteiger partial charge in [0.15, 0.2) is 17.4 Å². The maximum absolute atomic E-state index is 14.1. The number of hydrogen-bond acceptors (Lipinski definition) is 9. The molecule has 3 rings (SSSR count). The van der Waals surface area contributed by atoms with Crippen LogP contribution in [0.2, 0.25) is 10.0 Å². The number of halogens is 4. The van der Waals surface area contributed by atoms with E-state index in [1.54, 1.807) is 18.2 Å². The lowest BCUT2D eigenvalue weighted by molar-refractivity contribution is -0.164. The lowest BCUT2D eigenvalue weighted by Crippen LogP contribution is -2.61. The SMILES string of the molecule is COc1c(F)cc(/C(=C/NC2C(O)[C@@H](Sc3ccc(Cl)c(Cl)c3)OC(CO)[C@@H]2O)N=N)cc1F. The summed E-state index contributed by atoms with van der Waals surface area (Å²) >= 11 is 13.1. The summed E-state index contributed by atoms with van der Waals surface area (Å²) in [5, 5.41) is 37.7. The molecule has 0 bridgehead atoms. The molecular formula is C21H21Cl2F2N3O5S. The van der Waals surface area contributed by atoms with Crippen LogP contribution in [0.5, 0.6) is 5.75 Å². The lowest BCUT2D eigenvalue weighted by Gasteiger charge is -2.42. The first-order valence-corrected chi connectivity index (χ1v) is 11.4. The summed E-state index contributed by atoms with van der Waals surface area (Å²) in [6.45, 7) is -0.543. The average Bonchev–Trinajstić information content (AvgIpc) is 2.80. The fourth-order valence-corrected chi connectivity index (χ4v) is 4.79. The molecule has 1 heterocycles. The van der Waals surface area contributed by atoms with Gasteiger partial charge in [-0.1, -0.05) is 35.0 Å². The van der Waals surface area contributed by atoms with Crippen molar-refractivity contribution in [3.63, 3.8) is 0 Å². The van der Waals surface area contributed by atoms with E-state index in [4.69, 9.17) is 33.5 Å². The third-order valence-corrected chi connectivity index (χ3v) is 6.95. The second-order valence-electron chi connectivity index (χ2n) is 7.21. The zero-order chi connectivity index (χ0) is 25.0. The maximum atomic E-state index is 14.1. The number of nitrogens with zero attached hydrogens (tertiary/aromatic N) is 1. The topological polar surface area (TPSA) is 127 Å². The zero-order valence-corrected chi connectivity index (χ0v) is 19.9. The van der Waals surface area contributed by atoms with Crippen LogP contribution in [-0.2, 0) is 4.74 Å². The summed E-state index contributed by atoms with van der Waals surface area (Å²) in [6, 6.07) is 5.60. The molecule has 1 aliphatic heterocycles. The number of aliphatic hydroxyl groups is 3. The number of nitrogens with one attached hydrogen (secondary N) is 2. The second-order valence-corrected chi connectivity index (χ2v) is 9.19. The predicted octanol–water partition coefficient (Wildman–Crippen LogP) is 3.80. The van der Waals surface area contributed by atoms with Crippen molar-refractivity contribution in [2.24, 2.45) is 5.11 Å². The maximum Gasteiger partial charge on any atom is 0.190 e. The monoisotopic (exact) mass is 535 g/mol. The third kappa shape index (κ3) is 5.80. The van der Waals surface area contributed by atoms with Crippen LogP contribution in [-0.4, -0.2) is 58.8 Å². The number of thioether (sulfide) groups is 1. The Hall–Kier alpha value is -1.99. The first-order valence-electron chi connectivity index (χ1n) is 9.81. The molecule has 0 spiro atoms. The molecule has 13 heteroatoms. The van der Waals surface area contributed by atoms with Crippen molar-refractivity contribution < 1.29 is 33.6 Å². The number of benzene rings is 2. The van der Waals surface area contributed by atoms with Crippen molar-refractivity contribution in [3.05, 3.63) is 63.8 Å². The van der Waals surface area contributed by atoms with E-state index in [1.165, 1.54) is 0 Å². The number of hydrogen-bond donors (Lipinski definition) is 5. The van der Waals surface area contributed by atoms with E-state index in [1.807, 2.05) is 0 Å². The van der Waals surface area contributed by atoms with Crippen molar-refractivity contribution in [1.82, 2.24) is 5.32 Å². The Morgan fingerprint density at radius 3 is 2.44 bits per heavy atom. The highest BCUT2D eigenvalue weighted by atomic mass is 35.5. The van der Waals surface area contributed by atoms with Crippen LogP contribution in [0.15, 0.2) is 46.5 Å². The molecule has 1 aliphatic rings. The number of rotatable bonds is 8. The molecule has 1 fully saturated rings. The van der Waals surface area contributed by atoms with Gasteiger partial charge in [-0.25, -0.2) is 14.3 Å². The second kappa shape index (κ2) is 11.6. The largest absolute Gasteiger partial charge is 0.491 e.